The molecule has 0 aromatic carbocycles. The number of carbonyl (C=O) groups is 1. The van der Waals surface area contributed by atoms with E-state index in [0.717, 1.165) is 0 Å². The Balaban J connectivity index is 1.88. The number of pyridine rings is 1. The maximum absolute atomic E-state index is 10.6. The first-order chi connectivity index (χ1) is 7.25. The molecule has 0 bridgehead atoms. The van der Waals surface area contributed by atoms with E-state index in [1.165, 1.54) is 25.1 Å². The molecule has 2 rings (SSSR count). The highest BCUT2D eigenvalue weighted by Gasteiger charge is 2.21. The van der Waals surface area contributed by atoms with Gasteiger partial charge in [0.2, 0.25) is 0 Å². The molecular weight excluding hydrogens is 196 g/mol. The number of rotatable bonds is 5. The van der Waals surface area contributed by atoms with E-state index in [0.29, 0.717) is 18.2 Å². The molecular formula is C10H12N2O3. The topological polar surface area (TPSA) is 71.5 Å². The third-order valence-corrected chi connectivity index (χ3v) is 2.19. The number of anilines is 1. The number of nitrogens with one attached hydrogen (secondary N) is 1. The van der Waals surface area contributed by atoms with E-state index in [2.05, 4.69) is 10.5 Å². The molecule has 1 aliphatic rings. The highest BCUT2D eigenvalue weighted by molar-refractivity contribution is 5.86. The molecule has 0 atom stereocenters. The molecule has 0 radical (unpaired) electrons. The molecule has 0 unspecified atom stereocenters. The summed E-state index contributed by atoms with van der Waals surface area (Å²) in [6, 6.07) is 3.11. The zero-order valence-corrected chi connectivity index (χ0v) is 8.14. The number of carboxylic acid groups (broad SMARTS) is 1. The molecule has 1 heterocycles. The minimum Gasteiger partial charge on any atom is -0.477 e. The number of nitrogens with zero attached hydrogens (tertiary/aromatic N) is 1. The van der Waals surface area contributed by atoms with Gasteiger partial charge in [-0.1, -0.05) is 0 Å². The largest absolute Gasteiger partial charge is 0.477 e. The van der Waals surface area contributed by atoms with Crippen LogP contribution < -0.4 is 5.48 Å². The highest BCUT2D eigenvalue weighted by atomic mass is 16.6. The Morgan fingerprint density at radius 1 is 1.67 bits per heavy atom. The van der Waals surface area contributed by atoms with Crippen LogP contribution in [0.25, 0.3) is 0 Å². The molecule has 2 N–H and O–H groups in total. The van der Waals surface area contributed by atoms with Crippen LogP contribution in [-0.4, -0.2) is 22.7 Å². The number of aromatic nitrogens is 1. The summed E-state index contributed by atoms with van der Waals surface area (Å²) in [5.41, 5.74) is 3.33. The van der Waals surface area contributed by atoms with Gasteiger partial charge in [0.25, 0.3) is 0 Å². The second-order valence-electron chi connectivity index (χ2n) is 3.59. The monoisotopic (exact) mass is 208 g/mol. The Morgan fingerprint density at radius 3 is 3.13 bits per heavy atom. The minimum atomic E-state index is -1.04. The molecule has 5 nitrogen and oxygen atoms in total. The van der Waals surface area contributed by atoms with Crippen LogP contribution in [0.15, 0.2) is 18.3 Å². The molecule has 1 aliphatic carbocycles. The molecule has 0 aliphatic heterocycles. The Bertz CT molecular complexity index is 363. The molecule has 0 spiro atoms. The lowest BCUT2D eigenvalue weighted by atomic mass is 10.3. The van der Waals surface area contributed by atoms with Gasteiger partial charge in [0, 0.05) is 6.20 Å². The van der Waals surface area contributed by atoms with Crippen LogP contribution in [0.2, 0.25) is 0 Å². The van der Waals surface area contributed by atoms with Crippen molar-refractivity contribution in [2.24, 2.45) is 5.92 Å². The fourth-order valence-electron chi connectivity index (χ4n) is 1.14. The summed E-state index contributed by atoms with van der Waals surface area (Å²) in [4.78, 5) is 19.5. The summed E-state index contributed by atoms with van der Waals surface area (Å²) in [5.74, 6) is -0.376. The van der Waals surface area contributed by atoms with E-state index in [4.69, 9.17) is 9.94 Å². The number of aromatic carboxylic acids is 1. The number of hydrogen-bond acceptors (Lipinski definition) is 4. The normalized spacial score (nSPS) is 14.9. The minimum absolute atomic E-state index is 0.00928. The van der Waals surface area contributed by atoms with Gasteiger partial charge in [0.15, 0.2) is 0 Å². The first-order valence-corrected chi connectivity index (χ1v) is 4.83. The maximum atomic E-state index is 10.6. The first kappa shape index (κ1) is 9.92. The molecule has 80 valence electrons. The maximum Gasteiger partial charge on any atom is 0.354 e. The van der Waals surface area contributed by atoms with Crippen LogP contribution in [0.4, 0.5) is 5.69 Å². The Labute approximate surface area is 87.0 Å². The van der Waals surface area contributed by atoms with Crippen LogP contribution >= 0.6 is 0 Å². The molecule has 0 amide bonds. The van der Waals surface area contributed by atoms with Gasteiger partial charge in [0.1, 0.15) is 5.69 Å². The molecule has 15 heavy (non-hydrogen) atoms. The zero-order chi connectivity index (χ0) is 10.7. The second kappa shape index (κ2) is 4.27. The molecule has 5 heteroatoms. The molecule has 1 aromatic heterocycles. The van der Waals surface area contributed by atoms with Crippen molar-refractivity contribution >= 4 is 11.7 Å². The van der Waals surface area contributed by atoms with Crippen LogP contribution in [0.1, 0.15) is 23.3 Å². The van der Waals surface area contributed by atoms with Crippen LogP contribution in [-0.2, 0) is 4.84 Å². The molecule has 1 fully saturated rings. The van der Waals surface area contributed by atoms with Gasteiger partial charge in [-0.25, -0.2) is 9.78 Å². The molecule has 1 aromatic rings. The van der Waals surface area contributed by atoms with Gasteiger partial charge in [-0.05, 0) is 30.9 Å². The van der Waals surface area contributed by atoms with E-state index in [1.807, 2.05) is 0 Å². The lowest BCUT2D eigenvalue weighted by Gasteiger charge is -2.06. The van der Waals surface area contributed by atoms with Gasteiger partial charge in [-0.3, -0.25) is 10.3 Å². The van der Waals surface area contributed by atoms with Gasteiger partial charge < -0.3 is 5.11 Å². The standard InChI is InChI=1S/C10H12N2O3/c13-10(14)9-5-8(3-4-11-9)12-15-6-7-1-2-7/h3-5,7H,1-2,6H2,(H,11,12)(H,13,14). The van der Waals surface area contributed by atoms with Gasteiger partial charge in [0.05, 0.1) is 12.3 Å². The van der Waals surface area contributed by atoms with Crippen molar-refractivity contribution in [2.45, 2.75) is 12.8 Å². The van der Waals surface area contributed by atoms with Gasteiger partial charge in [-0.2, -0.15) is 0 Å². The quantitative estimate of drug-likeness (QED) is 0.718. The van der Waals surface area contributed by atoms with E-state index >= 15 is 0 Å². The van der Waals surface area contributed by atoms with Crippen molar-refractivity contribution in [3.63, 3.8) is 0 Å². The fraction of sp³-hybridized carbons (Fsp3) is 0.400. The summed E-state index contributed by atoms with van der Waals surface area (Å²) in [6.45, 7) is 0.671. The van der Waals surface area contributed by atoms with Crippen LogP contribution in [0.3, 0.4) is 0 Å². The van der Waals surface area contributed by atoms with E-state index in [-0.39, 0.29) is 5.69 Å². The van der Waals surface area contributed by atoms with Gasteiger partial charge in [-0.15, -0.1) is 0 Å². The SMILES string of the molecule is O=C(O)c1cc(NOCC2CC2)ccn1. The van der Waals surface area contributed by atoms with Gasteiger partial charge >= 0.3 is 5.97 Å². The van der Waals surface area contributed by atoms with Crippen molar-refractivity contribution in [3.8, 4) is 0 Å². The third-order valence-electron chi connectivity index (χ3n) is 2.19. The van der Waals surface area contributed by atoms with Crippen molar-refractivity contribution in [3.05, 3.63) is 24.0 Å². The number of carboxylic acids is 1. The van der Waals surface area contributed by atoms with E-state index < -0.39 is 5.97 Å². The summed E-state index contributed by atoms with van der Waals surface area (Å²) in [6.07, 6.45) is 3.88. The molecule has 1 saturated carbocycles. The van der Waals surface area contributed by atoms with Crippen molar-refractivity contribution in [2.75, 3.05) is 12.1 Å². The average molecular weight is 208 g/mol. The van der Waals surface area contributed by atoms with Crippen molar-refractivity contribution in [1.29, 1.82) is 0 Å². The molecule has 0 saturated heterocycles. The van der Waals surface area contributed by atoms with E-state index in [9.17, 15) is 4.79 Å². The number of hydrogen-bond donors (Lipinski definition) is 2. The Hall–Kier alpha value is -1.62. The predicted molar refractivity (Wildman–Crippen MR) is 53.5 cm³/mol. The smallest absolute Gasteiger partial charge is 0.354 e. The van der Waals surface area contributed by atoms with Crippen molar-refractivity contribution in [1.82, 2.24) is 4.98 Å². The summed E-state index contributed by atoms with van der Waals surface area (Å²) < 4.78 is 0. The third kappa shape index (κ3) is 2.92. The second-order valence-corrected chi connectivity index (χ2v) is 3.59. The lowest BCUT2D eigenvalue weighted by molar-refractivity contribution is 0.0690. The average Bonchev–Trinajstić information content (AvgIpc) is 3.02. The first-order valence-electron chi connectivity index (χ1n) is 4.83. The Morgan fingerprint density at radius 2 is 2.47 bits per heavy atom. The van der Waals surface area contributed by atoms with Crippen LogP contribution in [0, 0.1) is 5.92 Å². The summed E-state index contributed by atoms with van der Waals surface area (Å²) in [7, 11) is 0. The van der Waals surface area contributed by atoms with E-state index in [1.54, 1.807) is 6.07 Å². The van der Waals surface area contributed by atoms with Crippen LogP contribution in [0.5, 0.6) is 0 Å². The fourth-order valence-corrected chi connectivity index (χ4v) is 1.14. The summed E-state index contributed by atoms with van der Waals surface area (Å²) in [5, 5.41) is 8.70. The van der Waals surface area contributed by atoms with Crippen molar-refractivity contribution < 1.29 is 14.7 Å². The highest BCUT2D eigenvalue weighted by Crippen LogP contribution is 2.28. The predicted octanol–water partition coefficient (Wildman–Crippen LogP) is 1.53. The zero-order valence-electron chi connectivity index (χ0n) is 8.14. The Kier molecular flexibility index (Phi) is 2.82. The summed E-state index contributed by atoms with van der Waals surface area (Å²) >= 11 is 0. The lowest BCUT2D eigenvalue weighted by Crippen LogP contribution is -2.06.